The molecule has 2 aliphatic carbocycles. The predicted molar refractivity (Wildman–Crippen MR) is 65.3 cm³/mol. The Morgan fingerprint density at radius 2 is 2.24 bits per heavy atom. The van der Waals surface area contributed by atoms with Crippen molar-refractivity contribution in [3.05, 3.63) is 36.2 Å². The maximum Gasteiger partial charge on any atom is 0.239 e. The normalized spacial score (nSPS) is 31.9. The van der Waals surface area contributed by atoms with Crippen LogP contribution in [0.3, 0.4) is 0 Å². The van der Waals surface area contributed by atoms with Crippen molar-refractivity contribution in [3.63, 3.8) is 0 Å². The molecule has 3 heteroatoms. The highest BCUT2D eigenvalue weighted by atomic mass is 16.2. The lowest BCUT2D eigenvalue weighted by Gasteiger charge is -2.21. The average molecular weight is 226 g/mol. The van der Waals surface area contributed by atoms with Crippen molar-refractivity contribution < 1.29 is 4.79 Å². The molecule has 0 bridgehead atoms. The van der Waals surface area contributed by atoms with Gasteiger partial charge in [0.05, 0.1) is 11.6 Å². The van der Waals surface area contributed by atoms with Gasteiger partial charge in [-0.05, 0) is 30.8 Å². The fourth-order valence-electron chi connectivity index (χ4n) is 3.00. The van der Waals surface area contributed by atoms with Crippen LogP contribution in [0.2, 0.25) is 0 Å². The van der Waals surface area contributed by atoms with Gasteiger partial charge in [-0.2, -0.15) is 0 Å². The fraction of sp³-hybridized carbons (Fsp3) is 0.429. The molecule has 4 rings (SSSR count). The molecule has 0 radical (unpaired) electrons. The van der Waals surface area contributed by atoms with Crippen LogP contribution in [0.4, 0.5) is 0 Å². The predicted octanol–water partition coefficient (Wildman–Crippen LogP) is 2.04. The second-order valence-corrected chi connectivity index (χ2v) is 5.50. The minimum Gasteiger partial charge on any atom is -0.313 e. The van der Waals surface area contributed by atoms with Gasteiger partial charge in [0.15, 0.2) is 0 Å². The lowest BCUT2D eigenvalue weighted by molar-refractivity contribution is -0.129. The first-order valence-electron chi connectivity index (χ1n) is 6.21. The van der Waals surface area contributed by atoms with Crippen LogP contribution in [0.5, 0.6) is 0 Å². The molecule has 0 aromatic heterocycles. The summed E-state index contributed by atoms with van der Waals surface area (Å²) in [6.45, 7) is 0.911. The number of carbonyl (C=O) groups is 1. The molecule has 1 saturated carbocycles. The highest BCUT2D eigenvalue weighted by molar-refractivity contribution is 6.13. The van der Waals surface area contributed by atoms with Gasteiger partial charge in [0.2, 0.25) is 5.91 Å². The van der Waals surface area contributed by atoms with Gasteiger partial charge in [-0.15, -0.1) is 0 Å². The Hall–Kier alpha value is -1.64. The summed E-state index contributed by atoms with van der Waals surface area (Å²) in [4.78, 5) is 19.0. The number of rotatable bonds is 0. The quantitative estimate of drug-likeness (QED) is 0.622. The van der Waals surface area contributed by atoms with Crippen LogP contribution in [0.25, 0.3) is 0 Å². The van der Waals surface area contributed by atoms with Gasteiger partial charge in [-0.3, -0.25) is 9.79 Å². The number of hydrogen-bond donors (Lipinski definition) is 0. The summed E-state index contributed by atoms with van der Waals surface area (Å²) >= 11 is 0. The van der Waals surface area contributed by atoms with E-state index in [1.54, 1.807) is 0 Å². The second kappa shape index (κ2) is 2.97. The topological polar surface area (TPSA) is 32.7 Å². The van der Waals surface area contributed by atoms with Crippen molar-refractivity contribution in [1.82, 2.24) is 4.90 Å². The molecular weight excluding hydrogens is 212 g/mol. The molecule has 4 aliphatic rings. The zero-order chi connectivity index (χ0) is 11.5. The fourth-order valence-corrected chi connectivity index (χ4v) is 3.00. The molecule has 2 fully saturated rings. The van der Waals surface area contributed by atoms with E-state index in [1.807, 2.05) is 35.4 Å². The largest absolute Gasteiger partial charge is 0.313 e. The second-order valence-electron chi connectivity index (χ2n) is 5.50. The summed E-state index contributed by atoms with van der Waals surface area (Å²) in [6, 6.07) is 0. The Morgan fingerprint density at radius 3 is 3.06 bits per heavy atom. The van der Waals surface area contributed by atoms with Gasteiger partial charge in [-0.1, -0.05) is 18.2 Å². The molecule has 1 saturated heterocycles. The molecule has 1 unspecified atom stereocenters. The van der Waals surface area contributed by atoms with E-state index in [2.05, 4.69) is 4.99 Å². The molecule has 0 N–H and O–H groups in total. The Labute approximate surface area is 100 Å². The van der Waals surface area contributed by atoms with E-state index in [0.29, 0.717) is 5.41 Å². The third-order valence-corrected chi connectivity index (χ3v) is 4.25. The van der Waals surface area contributed by atoms with Crippen LogP contribution in [0.15, 0.2) is 41.2 Å². The third-order valence-electron chi connectivity index (χ3n) is 4.25. The smallest absolute Gasteiger partial charge is 0.239 e. The van der Waals surface area contributed by atoms with Gasteiger partial charge in [0.25, 0.3) is 0 Å². The summed E-state index contributed by atoms with van der Waals surface area (Å²) < 4.78 is 0. The number of aliphatic imine (C=N–C) groups is 1. The minimum absolute atomic E-state index is 0.164. The SMILES string of the molecule is O=C1C2C=CC=CC2=NC=C2CC3(CC3)CN12. The van der Waals surface area contributed by atoms with Gasteiger partial charge in [0, 0.05) is 18.4 Å². The van der Waals surface area contributed by atoms with Gasteiger partial charge < -0.3 is 4.90 Å². The molecule has 0 aromatic carbocycles. The van der Waals surface area contributed by atoms with E-state index in [4.69, 9.17) is 0 Å². The highest BCUT2D eigenvalue weighted by Gasteiger charge is 2.52. The Kier molecular flexibility index (Phi) is 1.64. The molecule has 1 amide bonds. The molecule has 17 heavy (non-hydrogen) atoms. The van der Waals surface area contributed by atoms with Gasteiger partial charge >= 0.3 is 0 Å². The van der Waals surface area contributed by atoms with E-state index in [0.717, 1.165) is 24.4 Å². The van der Waals surface area contributed by atoms with Crippen molar-refractivity contribution >= 4 is 11.6 Å². The van der Waals surface area contributed by atoms with Crippen molar-refractivity contribution in [2.75, 3.05) is 6.54 Å². The Morgan fingerprint density at radius 1 is 1.35 bits per heavy atom. The molecule has 1 atom stereocenters. The van der Waals surface area contributed by atoms with Crippen molar-refractivity contribution in [1.29, 1.82) is 0 Å². The summed E-state index contributed by atoms with van der Waals surface area (Å²) in [5.74, 6) is 0.0412. The number of carbonyl (C=O) groups excluding carboxylic acids is 1. The Bertz CT molecular complexity index is 520. The van der Waals surface area contributed by atoms with Gasteiger partial charge in [-0.25, -0.2) is 0 Å². The first kappa shape index (κ1) is 9.40. The standard InChI is InChI=1S/C14H14N2O/c17-13-11-3-1-2-4-12(11)15-8-10-7-14(5-6-14)9-16(10)13/h1-4,8,11H,5-7,9H2. The minimum atomic E-state index is -0.164. The third kappa shape index (κ3) is 1.28. The zero-order valence-corrected chi connectivity index (χ0v) is 9.60. The summed E-state index contributed by atoms with van der Waals surface area (Å²) in [7, 11) is 0. The van der Waals surface area contributed by atoms with Crippen molar-refractivity contribution in [2.45, 2.75) is 19.3 Å². The summed E-state index contributed by atoms with van der Waals surface area (Å²) in [6.07, 6.45) is 13.3. The summed E-state index contributed by atoms with van der Waals surface area (Å²) in [5, 5.41) is 0. The van der Waals surface area contributed by atoms with Crippen LogP contribution in [-0.2, 0) is 4.79 Å². The van der Waals surface area contributed by atoms with Crippen molar-refractivity contribution in [2.24, 2.45) is 16.3 Å². The number of hydrogen-bond acceptors (Lipinski definition) is 2. The van der Waals surface area contributed by atoms with E-state index in [-0.39, 0.29) is 11.8 Å². The van der Waals surface area contributed by atoms with Crippen LogP contribution in [-0.4, -0.2) is 23.1 Å². The lowest BCUT2D eigenvalue weighted by Crippen LogP contribution is -2.35. The summed E-state index contributed by atoms with van der Waals surface area (Å²) in [5.41, 5.74) is 2.42. The highest BCUT2D eigenvalue weighted by Crippen LogP contribution is 2.56. The van der Waals surface area contributed by atoms with Crippen LogP contribution < -0.4 is 0 Å². The number of amides is 1. The van der Waals surface area contributed by atoms with E-state index in [9.17, 15) is 4.79 Å². The average Bonchev–Trinajstić information content (AvgIpc) is 3.01. The van der Waals surface area contributed by atoms with E-state index in [1.165, 1.54) is 12.8 Å². The first-order chi connectivity index (χ1) is 8.27. The zero-order valence-electron chi connectivity index (χ0n) is 9.60. The van der Waals surface area contributed by atoms with E-state index < -0.39 is 0 Å². The first-order valence-corrected chi connectivity index (χ1v) is 6.21. The molecule has 1 spiro atoms. The number of nitrogens with zero attached hydrogens (tertiary/aromatic N) is 2. The van der Waals surface area contributed by atoms with Crippen LogP contribution >= 0.6 is 0 Å². The maximum absolute atomic E-state index is 12.5. The molecular formula is C14H14N2O. The lowest BCUT2D eigenvalue weighted by atomic mass is 9.97. The molecule has 86 valence electrons. The van der Waals surface area contributed by atoms with Crippen LogP contribution in [0.1, 0.15) is 19.3 Å². The number of fused-ring (bicyclic) bond motifs is 2. The number of allylic oxidation sites excluding steroid dienone is 4. The van der Waals surface area contributed by atoms with E-state index >= 15 is 0 Å². The van der Waals surface area contributed by atoms with Crippen LogP contribution in [0, 0.1) is 11.3 Å². The maximum atomic E-state index is 12.5. The Balaban J connectivity index is 1.77. The molecule has 2 heterocycles. The molecule has 2 aliphatic heterocycles. The van der Waals surface area contributed by atoms with Crippen molar-refractivity contribution in [3.8, 4) is 0 Å². The van der Waals surface area contributed by atoms with Gasteiger partial charge in [0.1, 0.15) is 0 Å². The monoisotopic (exact) mass is 226 g/mol. The molecule has 3 nitrogen and oxygen atoms in total. The molecule has 0 aromatic rings.